The summed E-state index contributed by atoms with van der Waals surface area (Å²) in [5.41, 5.74) is 1.17. The van der Waals surface area contributed by atoms with Crippen molar-refractivity contribution in [3.63, 3.8) is 0 Å². The smallest absolute Gasteiger partial charge is 0.289 e. The predicted molar refractivity (Wildman–Crippen MR) is 66.7 cm³/mol. The van der Waals surface area contributed by atoms with Crippen molar-refractivity contribution in [3.8, 4) is 5.69 Å². The Morgan fingerprint density at radius 2 is 1.94 bits per heavy atom. The second-order valence-electron chi connectivity index (χ2n) is 3.63. The van der Waals surface area contributed by atoms with Crippen LogP contribution in [0.3, 0.4) is 0 Å². The van der Waals surface area contributed by atoms with Gasteiger partial charge in [-0.2, -0.15) is 5.10 Å². The summed E-state index contributed by atoms with van der Waals surface area (Å²) < 4.78 is 1.79. The summed E-state index contributed by atoms with van der Waals surface area (Å²) in [6.07, 6.45) is 1.81. The molecule has 2 aromatic heterocycles. The van der Waals surface area contributed by atoms with Crippen molar-refractivity contribution in [1.82, 2.24) is 14.8 Å². The quantitative estimate of drug-likeness (QED) is 0.716. The average Bonchev–Trinajstić information content (AvgIpc) is 2.81. The van der Waals surface area contributed by atoms with E-state index in [9.17, 15) is 4.79 Å². The molecule has 0 atom stereocenters. The number of nitrogens with one attached hydrogen (secondary N) is 1. The van der Waals surface area contributed by atoms with Gasteiger partial charge in [-0.1, -0.05) is 29.8 Å². The monoisotopic (exact) mass is 245 g/mol. The summed E-state index contributed by atoms with van der Waals surface area (Å²) in [5.74, 6) is 0. The minimum Gasteiger partial charge on any atom is -0.312 e. The van der Waals surface area contributed by atoms with Gasteiger partial charge in [-0.15, -0.1) is 0 Å². The Hall–Kier alpha value is -2.07. The lowest BCUT2D eigenvalue weighted by Gasteiger charge is -2.03. The van der Waals surface area contributed by atoms with Crippen molar-refractivity contribution in [2.24, 2.45) is 0 Å². The van der Waals surface area contributed by atoms with E-state index in [1.807, 2.05) is 36.5 Å². The van der Waals surface area contributed by atoms with Crippen LogP contribution in [0.25, 0.3) is 16.6 Å². The van der Waals surface area contributed by atoms with E-state index < -0.39 is 0 Å². The Balaban J connectivity index is 2.40. The highest BCUT2D eigenvalue weighted by molar-refractivity contribution is 6.34. The molecule has 4 nitrogen and oxygen atoms in total. The van der Waals surface area contributed by atoms with Crippen LogP contribution in [0.15, 0.2) is 47.4 Å². The standard InChI is InChI=1S/C12H8ClN3O/c13-11-9-6-7-16(8-4-2-1-3-5-8)10(9)12(17)15-14-11/h1-7H,(H,15,17). The summed E-state index contributed by atoms with van der Waals surface area (Å²) in [6.45, 7) is 0. The minimum atomic E-state index is -0.252. The van der Waals surface area contributed by atoms with Crippen LogP contribution in [0.4, 0.5) is 0 Å². The molecule has 0 aliphatic heterocycles. The molecule has 1 N–H and O–H groups in total. The molecular formula is C12H8ClN3O. The van der Waals surface area contributed by atoms with Crippen molar-refractivity contribution >= 4 is 22.5 Å². The van der Waals surface area contributed by atoms with Gasteiger partial charge in [-0.05, 0) is 18.2 Å². The van der Waals surface area contributed by atoms with Crippen LogP contribution < -0.4 is 5.56 Å². The van der Waals surface area contributed by atoms with Crippen molar-refractivity contribution in [2.75, 3.05) is 0 Å². The van der Waals surface area contributed by atoms with Crippen LogP contribution in [0, 0.1) is 0 Å². The predicted octanol–water partition coefficient (Wildman–Crippen LogP) is 2.37. The van der Waals surface area contributed by atoms with Gasteiger partial charge >= 0.3 is 0 Å². The van der Waals surface area contributed by atoms with Crippen LogP contribution in [-0.2, 0) is 0 Å². The number of fused-ring (bicyclic) bond motifs is 1. The first-order valence-corrected chi connectivity index (χ1v) is 5.46. The lowest BCUT2D eigenvalue weighted by Crippen LogP contribution is -2.11. The van der Waals surface area contributed by atoms with E-state index in [2.05, 4.69) is 10.2 Å². The first kappa shape index (κ1) is 10.1. The molecule has 0 fully saturated rings. The Morgan fingerprint density at radius 3 is 2.71 bits per heavy atom. The van der Waals surface area contributed by atoms with Gasteiger partial charge in [-0.25, -0.2) is 5.10 Å². The fraction of sp³-hybridized carbons (Fsp3) is 0. The second kappa shape index (κ2) is 3.75. The van der Waals surface area contributed by atoms with Crippen LogP contribution >= 0.6 is 11.6 Å². The van der Waals surface area contributed by atoms with Gasteiger partial charge in [-0.3, -0.25) is 4.79 Å². The van der Waals surface area contributed by atoms with Crippen molar-refractivity contribution in [3.05, 3.63) is 58.1 Å². The number of halogens is 1. The molecule has 0 spiro atoms. The van der Waals surface area contributed by atoms with Gasteiger partial charge < -0.3 is 4.57 Å². The molecule has 0 unspecified atom stereocenters. The third-order valence-corrected chi connectivity index (χ3v) is 2.90. The summed E-state index contributed by atoms with van der Waals surface area (Å²) in [7, 11) is 0. The summed E-state index contributed by atoms with van der Waals surface area (Å²) in [6, 6.07) is 11.4. The maximum atomic E-state index is 11.8. The van der Waals surface area contributed by atoms with E-state index in [-0.39, 0.29) is 5.56 Å². The molecule has 3 aromatic rings. The Morgan fingerprint density at radius 1 is 1.18 bits per heavy atom. The molecule has 0 saturated carbocycles. The number of aromatic nitrogens is 3. The Kier molecular flexibility index (Phi) is 2.23. The minimum absolute atomic E-state index is 0.252. The lowest BCUT2D eigenvalue weighted by molar-refractivity contribution is 0.992. The van der Waals surface area contributed by atoms with Crippen LogP contribution in [0.1, 0.15) is 0 Å². The van der Waals surface area contributed by atoms with Crippen LogP contribution in [-0.4, -0.2) is 14.8 Å². The second-order valence-corrected chi connectivity index (χ2v) is 3.99. The normalized spacial score (nSPS) is 10.9. The fourth-order valence-electron chi connectivity index (χ4n) is 1.85. The Bertz CT molecular complexity index is 730. The lowest BCUT2D eigenvalue weighted by atomic mass is 10.3. The highest BCUT2D eigenvalue weighted by atomic mass is 35.5. The highest BCUT2D eigenvalue weighted by Gasteiger charge is 2.10. The molecule has 0 radical (unpaired) electrons. The first-order chi connectivity index (χ1) is 8.27. The number of para-hydroxylation sites is 1. The maximum absolute atomic E-state index is 11.8. The zero-order valence-corrected chi connectivity index (χ0v) is 9.48. The number of rotatable bonds is 1. The average molecular weight is 246 g/mol. The largest absolute Gasteiger partial charge is 0.312 e. The van der Waals surface area contributed by atoms with E-state index in [1.54, 1.807) is 10.6 Å². The van der Waals surface area contributed by atoms with Gasteiger partial charge in [0.1, 0.15) is 5.52 Å². The van der Waals surface area contributed by atoms with Crippen LogP contribution in [0.2, 0.25) is 5.15 Å². The third-order valence-electron chi connectivity index (χ3n) is 2.61. The molecule has 3 rings (SSSR count). The van der Waals surface area contributed by atoms with Crippen molar-refractivity contribution < 1.29 is 0 Å². The number of benzene rings is 1. The van der Waals surface area contributed by atoms with Gasteiger partial charge in [0.05, 0.1) is 0 Å². The molecule has 5 heteroatoms. The van der Waals surface area contributed by atoms with E-state index in [0.717, 1.165) is 5.69 Å². The molecule has 0 aliphatic carbocycles. The topological polar surface area (TPSA) is 50.7 Å². The van der Waals surface area contributed by atoms with E-state index in [4.69, 9.17) is 11.6 Å². The molecule has 1 aromatic carbocycles. The zero-order valence-electron chi connectivity index (χ0n) is 8.72. The molecule has 0 aliphatic rings. The molecular weight excluding hydrogens is 238 g/mol. The van der Waals surface area contributed by atoms with E-state index >= 15 is 0 Å². The molecule has 84 valence electrons. The summed E-state index contributed by atoms with van der Waals surface area (Å²) in [5, 5.41) is 7.06. The van der Waals surface area contributed by atoms with E-state index in [1.165, 1.54) is 0 Å². The van der Waals surface area contributed by atoms with E-state index in [0.29, 0.717) is 16.1 Å². The fourth-order valence-corrected chi connectivity index (χ4v) is 2.04. The number of hydrogen-bond acceptors (Lipinski definition) is 2. The maximum Gasteiger partial charge on any atom is 0.289 e. The van der Waals surface area contributed by atoms with Crippen molar-refractivity contribution in [2.45, 2.75) is 0 Å². The highest BCUT2D eigenvalue weighted by Crippen LogP contribution is 2.21. The first-order valence-electron chi connectivity index (χ1n) is 5.08. The summed E-state index contributed by atoms with van der Waals surface area (Å²) >= 11 is 5.94. The SMILES string of the molecule is O=c1[nH]nc(Cl)c2ccn(-c3ccccc3)c12. The molecule has 17 heavy (non-hydrogen) atoms. The zero-order chi connectivity index (χ0) is 11.8. The number of hydrogen-bond donors (Lipinski definition) is 1. The van der Waals surface area contributed by atoms with Gasteiger partial charge in [0.15, 0.2) is 5.15 Å². The molecule has 0 bridgehead atoms. The molecule has 0 amide bonds. The van der Waals surface area contributed by atoms with Gasteiger partial charge in [0.2, 0.25) is 0 Å². The number of H-pyrrole nitrogens is 1. The number of aromatic amines is 1. The number of nitrogens with zero attached hydrogens (tertiary/aromatic N) is 2. The molecule has 2 heterocycles. The Labute approximate surface area is 101 Å². The van der Waals surface area contributed by atoms with Crippen molar-refractivity contribution in [1.29, 1.82) is 0 Å². The summed E-state index contributed by atoms with van der Waals surface area (Å²) in [4.78, 5) is 11.8. The van der Waals surface area contributed by atoms with Gasteiger partial charge in [0, 0.05) is 17.3 Å². The molecule has 0 saturated heterocycles. The van der Waals surface area contributed by atoms with Gasteiger partial charge in [0.25, 0.3) is 5.56 Å². The third kappa shape index (κ3) is 1.54. The van der Waals surface area contributed by atoms with Crippen LogP contribution in [0.5, 0.6) is 0 Å².